The van der Waals surface area contributed by atoms with Crippen molar-refractivity contribution in [3.8, 4) is 0 Å². The van der Waals surface area contributed by atoms with Gasteiger partial charge in [0.25, 0.3) is 5.91 Å². The van der Waals surface area contributed by atoms with E-state index < -0.39 is 0 Å². The van der Waals surface area contributed by atoms with Crippen LogP contribution in [0.2, 0.25) is 0 Å². The van der Waals surface area contributed by atoms with Crippen LogP contribution in [-0.4, -0.2) is 29.3 Å². The van der Waals surface area contributed by atoms with E-state index in [1.807, 2.05) is 30.0 Å². The molecule has 1 fully saturated rings. The number of benzene rings is 2. The molecule has 0 saturated heterocycles. The average molecular weight is 368 g/mol. The summed E-state index contributed by atoms with van der Waals surface area (Å²) in [6.07, 6.45) is 2.83. The molecule has 27 heavy (non-hydrogen) atoms. The predicted molar refractivity (Wildman–Crippen MR) is 103 cm³/mol. The van der Waals surface area contributed by atoms with Crippen molar-refractivity contribution >= 4 is 11.8 Å². The number of rotatable bonds is 8. The molecule has 2 aromatic carbocycles. The Kier molecular flexibility index (Phi) is 6.22. The van der Waals surface area contributed by atoms with Gasteiger partial charge in [-0.25, -0.2) is 4.39 Å². The molecular weight excluding hydrogens is 343 g/mol. The Balaban J connectivity index is 1.52. The molecule has 1 aliphatic carbocycles. The maximum Gasteiger partial charge on any atom is 0.251 e. The van der Waals surface area contributed by atoms with Crippen molar-refractivity contribution in [3.05, 3.63) is 71.5 Å². The van der Waals surface area contributed by atoms with Gasteiger partial charge in [-0.05, 0) is 44.4 Å². The predicted octanol–water partition coefficient (Wildman–Crippen LogP) is 4.09. The minimum Gasteiger partial charge on any atom is -0.352 e. The number of hydrogen-bond donors (Lipinski definition) is 1. The van der Waals surface area contributed by atoms with Crippen LogP contribution in [0, 0.1) is 5.82 Å². The highest BCUT2D eigenvalue weighted by Gasteiger charge is 2.36. The molecule has 2 aromatic rings. The van der Waals surface area contributed by atoms with Gasteiger partial charge in [0.1, 0.15) is 5.82 Å². The Hall–Kier alpha value is -2.69. The van der Waals surface area contributed by atoms with E-state index in [0.717, 1.165) is 12.8 Å². The highest BCUT2D eigenvalue weighted by molar-refractivity contribution is 5.94. The lowest BCUT2D eigenvalue weighted by Gasteiger charge is -2.30. The lowest BCUT2D eigenvalue weighted by atomic mass is 10.1. The van der Waals surface area contributed by atoms with Crippen molar-refractivity contribution in [3.63, 3.8) is 0 Å². The molecule has 4 nitrogen and oxygen atoms in total. The first-order valence-corrected chi connectivity index (χ1v) is 9.46. The van der Waals surface area contributed by atoms with Gasteiger partial charge < -0.3 is 10.2 Å². The summed E-state index contributed by atoms with van der Waals surface area (Å²) >= 11 is 0. The second-order valence-corrected chi connectivity index (χ2v) is 6.96. The minimum atomic E-state index is -0.287. The highest BCUT2D eigenvalue weighted by Crippen LogP contribution is 2.35. The Morgan fingerprint density at radius 2 is 1.78 bits per heavy atom. The standard InChI is InChI=1S/C22H25FN2O2/c1-16(19-10-5-6-11-20(19)23)25(18-13-14-18)21(26)12-7-15-24-22(27)17-8-3-2-4-9-17/h2-6,8-11,16,18H,7,12-15H2,1H3,(H,24,27). The van der Waals surface area contributed by atoms with E-state index in [0.29, 0.717) is 30.5 Å². The number of hydrogen-bond acceptors (Lipinski definition) is 2. The lowest BCUT2D eigenvalue weighted by molar-refractivity contribution is -0.134. The fourth-order valence-corrected chi connectivity index (χ4v) is 3.31. The van der Waals surface area contributed by atoms with E-state index in [1.54, 1.807) is 30.3 Å². The van der Waals surface area contributed by atoms with Crippen LogP contribution in [-0.2, 0) is 4.79 Å². The van der Waals surface area contributed by atoms with Crippen LogP contribution in [0.1, 0.15) is 54.6 Å². The van der Waals surface area contributed by atoms with E-state index in [4.69, 9.17) is 0 Å². The number of nitrogens with zero attached hydrogens (tertiary/aromatic N) is 1. The van der Waals surface area contributed by atoms with E-state index in [-0.39, 0.29) is 29.7 Å². The van der Waals surface area contributed by atoms with Crippen LogP contribution in [0.25, 0.3) is 0 Å². The molecule has 1 N–H and O–H groups in total. The van der Waals surface area contributed by atoms with Crippen molar-refractivity contribution in [2.24, 2.45) is 0 Å². The molecule has 1 aliphatic rings. The summed E-state index contributed by atoms with van der Waals surface area (Å²) in [6.45, 7) is 2.32. The second-order valence-electron chi connectivity index (χ2n) is 6.96. The molecule has 0 spiro atoms. The van der Waals surface area contributed by atoms with Crippen LogP contribution in [0.3, 0.4) is 0 Å². The number of carbonyl (C=O) groups excluding carboxylic acids is 2. The molecule has 0 bridgehead atoms. The molecule has 0 aliphatic heterocycles. The topological polar surface area (TPSA) is 49.4 Å². The van der Waals surface area contributed by atoms with Gasteiger partial charge in [-0.3, -0.25) is 9.59 Å². The smallest absolute Gasteiger partial charge is 0.251 e. The summed E-state index contributed by atoms with van der Waals surface area (Å²) in [5.41, 5.74) is 1.16. The molecular formula is C22H25FN2O2. The summed E-state index contributed by atoms with van der Waals surface area (Å²) in [4.78, 5) is 26.6. The molecule has 142 valence electrons. The largest absolute Gasteiger partial charge is 0.352 e. The summed E-state index contributed by atoms with van der Waals surface area (Å²) in [5.74, 6) is -0.400. The molecule has 0 aromatic heterocycles. The van der Waals surface area contributed by atoms with Crippen molar-refractivity contribution < 1.29 is 14.0 Å². The number of carbonyl (C=O) groups is 2. The van der Waals surface area contributed by atoms with E-state index in [2.05, 4.69) is 5.32 Å². The molecule has 1 unspecified atom stereocenters. The first-order valence-electron chi connectivity index (χ1n) is 9.46. The lowest BCUT2D eigenvalue weighted by Crippen LogP contribution is -2.36. The zero-order valence-corrected chi connectivity index (χ0v) is 15.5. The molecule has 3 rings (SSSR count). The zero-order chi connectivity index (χ0) is 19.2. The van der Waals surface area contributed by atoms with Crippen LogP contribution in [0.15, 0.2) is 54.6 Å². The normalized spacial score (nSPS) is 14.4. The Morgan fingerprint density at radius 3 is 2.44 bits per heavy atom. The SMILES string of the molecule is CC(c1ccccc1F)N(C(=O)CCCNC(=O)c1ccccc1)C1CC1. The first-order chi connectivity index (χ1) is 13.1. The van der Waals surface area contributed by atoms with E-state index in [1.165, 1.54) is 6.07 Å². The molecule has 0 radical (unpaired) electrons. The van der Waals surface area contributed by atoms with Crippen molar-refractivity contribution in [2.75, 3.05) is 6.54 Å². The minimum absolute atomic E-state index is 0.0159. The molecule has 2 amide bonds. The fourth-order valence-electron chi connectivity index (χ4n) is 3.31. The average Bonchev–Trinajstić information content (AvgIpc) is 3.51. The number of amides is 2. The van der Waals surface area contributed by atoms with Gasteiger partial charge in [-0.2, -0.15) is 0 Å². The van der Waals surface area contributed by atoms with Gasteiger partial charge in [0.05, 0.1) is 6.04 Å². The quantitative estimate of drug-likeness (QED) is 0.714. The molecule has 5 heteroatoms. The monoisotopic (exact) mass is 368 g/mol. The van der Waals surface area contributed by atoms with Gasteiger partial charge in [-0.15, -0.1) is 0 Å². The van der Waals surface area contributed by atoms with Crippen LogP contribution in [0.5, 0.6) is 0 Å². The van der Waals surface area contributed by atoms with Crippen LogP contribution in [0.4, 0.5) is 4.39 Å². The summed E-state index contributed by atoms with van der Waals surface area (Å²) < 4.78 is 14.1. The third-order valence-electron chi connectivity index (χ3n) is 4.89. The molecule has 0 heterocycles. The number of nitrogens with one attached hydrogen (secondary N) is 1. The second kappa shape index (κ2) is 8.80. The summed E-state index contributed by atoms with van der Waals surface area (Å²) in [7, 11) is 0. The Morgan fingerprint density at radius 1 is 1.11 bits per heavy atom. The van der Waals surface area contributed by atoms with Crippen molar-refractivity contribution in [1.29, 1.82) is 0 Å². The molecule has 1 atom stereocenters. The van der Waals surface area contributed by atoms with Gasteiger partial charge in [0.15, 0.2) is 0 Å². The Labute approximate surface area is 159 Å². The highest BCUT2D eigenvalue weighted by atomic mass is 19.1. The van der Waals surface area contributed by atoms with Crippen molar-refractivity contribution in [1.82, 2.24) is 10.2 Å². The Bertz CT molecular complexity index is 790. The van der Waals surface area contributed by atoms with Crippen LogP contribution < -0.4 is 5.32 Å². The molecule has 1 saturated carbocycles. The van der Waals surface area contributed by atoms with Gasteiger partial charge in [-0.1, -0.05) is 36.4 Å². The van der Waals surface area contributed by atoms with Gasteiger partial charge >= 0.3 is 0 Å². The zero-order valence-electron chi connectivity index (χ0n) is 15.5. The third kappa shape index (κ3) is 4.94. The fraction of sp³-hybridized carbons (Fsp3) is 0.364. The summed E-state index contributed by atoms with van der Waals surface area (Å²) in [5, 5.41) is 2.84. The van der Waals surface area contributed by atoms with E-state index in [9.17, 15) is 14.0 Å². The van der Waals surface area contributed by atoms with Crippen LogP contribution >= 0.6 is 0 Å². The van der Waals surface area contributed by atoms with E-state index >= 15 is 0 Å². The maximum atomic E-state index is 14.1. The first kappa shape index (κ1) is 19.1. The third-order valence-corrected chi connectivity index (χ3v) is 4.89. The van der Waals surface area contributed by atoms with Gasteiger partial charge in [0, 0.05) is 30.1 Å². The number of halogens is 1. The maximum absolute atomic E-state index is 14.1. The summed E-state index contributed by atoms with van der Waals surface area (Å²) in [6, 6.07) is 15.5. The van der Waals surface area contributed by atoms with Gasteiger partial charge in [0.2, 0.25) is 5.91 Å². The van der Waals surface area contributed by atoms with Crippen molar-refractivity contribution in [2.45, 2.75) is 44.7 Å².